The fraction of sp³-hybridized carbons (Fsp3) is 0.857. The third kappa shape index (κ3) is 7.47. The van der Waals surface area contributed by atoms with E-state index in [1.54, 1.807) is 0 Å². The minimum absolute atomic E-state index is 0. The van der Waals surface area contributed by atoms with Crippen molar-refractivity contribution in [2.45, 2.75) is 174 Å². The van der Waals surface area contributed by atoms with Gasteiger partial charge in [0.1, 0.15) is 36.6 Å². The second-order valence-electron chi connectivity index (χ2n) is 20.6. The smallest absolute Gasteiger partial charge is 0.335 e. The van der Waals surface area contributed by atoms with Gasteiger partial charge in [-0.05, 0) is 110 Å². The number of aliphatic hydroxyl groups excluding tert-OH is 5. The Morgan fingerprint density at radius 2 is 1.23 bits per heavy atom. The predicted octanol–water partition coefficient (Wildman–Crippen LogP) is 2.73. The number of aliphatic hydroxyl groups is 5. The van der Waals surface area contributed by atoms with E-state index in [4.69, 9.17) is 18.9 Å². The van der Waals surface area contributed by atoms with E-state index in [0.717, 1.165) is 37.7 Å². The van der Waals surface area contributed by atoms with Gasteiger partial charge in [0.05, 0.1) is 11.5 Å². The zero-order valence-electron chi connectivity index (χ0n) is 36.5. The first kappa shape index (κ1) is 51.0. The SMILES string of the molecule is CC1(C)[C@@H](O[C@H]2O[C@H](C(=O)O)[C@@H](O)[C@H](O)[C@H]2O[C@@H]2O[C@H](C(=O)O)[C@@H](O)[C@H](O)[C@H]2O)CC[C@]2(C)[C@H]3C(=O)C=C4[C@@H]5C[C@@](C)(C(=O)O)CC[C@]5(C)CC[C@@]4(C)[C@]3(C)CC[C@@H]12.N.N.N. The molecule has 6 fully saturated rings. The Morgan fingerprint density at radius 1 is 0.672 bits per heavy atom. The van der Waals surface area contributed by atoms with Gasteiger partial charge in [0.2, 0.25) is 0 Å². The van der Waals surface area contributed by atoms with Crippen LogP contribution in [0, 0.1) is 50.2 Å². The zero-order valence-corrected chi connectivity index (χ0v) is 36.5. The Labute approximate surface area is 356 Å². The number of carboxylic acids is 3. The van der Waals surface area contributed by atoms with Gasteiger partial charge >= 0.3 is 17.9 Å². The second kappa shape index (κ2) is 16.7. The molecule has 17 N–H and O–H groups in total. The summed E-state index contributed by atoms with van der Waals surface area (Å²) in [5, 5.41) is 83.0. The fourth-order valence-corrected chi connectivity index (χ4v) is 13.4. The van der Waals surface area contributed by atoms with E-state index in [0.29, 0.717) is 25.7 Å². The summed E-state index contributed by atoms with van der Waals surface area (Å²) in [5.74, 6) is -4.47. The Bertz CT molecular complexity index is 1750. The topological polar surface area (TPSA) is 372 Å². The molecule has 0 spiro atoms. The number of rotatable bonds is 7. The van der Waals surface area contributed by atoms with E-state index >= 15 is 0 Å². The molecule has 0 radical (unpaired) electrons. The van der Waals surface area contributed by atoms with Crippen LogP contribution in [0.15, 0.2) is 11.6 Å². The molecule has 7 aliphatic rings. The molecule has 0 unspecified atom stereocenters. The van der Waals surface area contributed by atoms with Gasteiger partial charge in [-0.25, -0.2) is 9.59 Å². The van der Waals surface area contributed by atoms with Gasteiger partial charge in [0.25, 0.3) is 0 Å². The molecule has 350 valence electrons. The predicted molar refractivity (Wildman–Crippen MR) is 215 cm³/mol. The van der Waals surface area contributed by atoms with E-state index in [1.165, 1.54) is 0 Å². The van der Waals surface area contributed by atoms with E-state index in [-0.39, 0.29) is 52.8 Å². The minimum Gasteiger partial charge on any atom is -0.481 e. The molecule has 0 aromatic heterocycles. The Balaban J connectivity index is 0.00000273. The molecule has 2 saturated heterocycles. The maximum Gasteiger partial charge on any atom is 0.335 e. The van der Waals surface area contributed by atoms with Gasteiger partial charge in [0, 0.05) is 5.92 Å². The summed E-state index contributed by atoms with van der Waals surface area (Å²) in [6.07, 6.45) is -12.2. The van der Waals surface area contributed by atoms with Gasteiger partial charge in [-0.3, -0.25) is 9.59 Å². The van der Waals surface area contributed by atoms with Gasteiger partial charge in [-0.1, -0.05) is 47.1 Å². The first-order valence-electron chi connectivity index (χ1n) is 20.7. The van der Waals surface area contributed by atoms with E-state index in [2.05, 4.69) is 27.7 Å². The van der Waals surface area contributed by atoms with E-state index in [9.17, 15) is 60.0 Å². The molecule has 5 aliphatic carbocycles. The third-order valence-electron chi connectivity index (χ3n) is 17.2. The van der Waals surface area contributed by atoms with E-state index < -0.39 is 107 Å². The Hall–Kier alpha value is -2.66. The highest BCUT2D eigenvalue weighted by Gasteiger charge is 2.71. The lowest BCUT2D eigenvalue weighted by Crippen LogP contribution is -2.68. The van der Waals surface area contributed by atoms with Crippen LogP contribution in [0.4, 0.5) is 0 Å². The number of hydrogen-bond acceptors (Lipinski definition) is 16. The van der Waals surface area contributed by atoms with Crippen LogP contribution in [0.5, 0.6) is 0 Å². The number of aliphatic carboxylic acids is 3. The Morgan fingerprint density at radius 3 is 1.80 bits per heavy atom. The van der Waals surface area contributed by atoms with Crippen LogP contribution in [0.2, 0.25) is 0 Å². The lowest BCUT2D eigenvalue weighted by Gasteiger charge is -2.70. The van der Waals surface area contributed by atoms with Crippen LogP contribution in [-0.2, 0) is 38.1 Å². The van der Waals surface area contributed by atoms with Crippen molar-refractivity contribution in [3.63, 3.8) is 0 Å². The molecule has 0 bridgehead atoms. The van der Waals surface area contributed by atoms with Crippen LogP contribution in [0.3, 0.4) is 0 Å². The summed E-state index contributed by atoms with van der Waals surface area (Å²) in [6.45, 7) is 14.8. The first-order chi connectivity index (χ1) is 26.8. The maximum absolute atomic E-state index is 14.8. The van der Waals surface area contributed by atoms with Crippen molar-refractivity contribution >= 4 is 23.7 Å². The first-order valence-corrected chi connectivity index (χ1v) is 20.7. The van der Waals surface area contributed by atoms with Crippen molar-refractivity contribution in [1.29, 1.82) is 0 Å². The lowest BCUT2D eigenvalue weighted by atomic mass is 9.33. The number of hydrogen-bond donors (Lipinski definition) is 11. The van der Waals surface area contributed by atoms with Crippen LogP contribution in [0.25, 0.3) is 0 Å². The standard InChI is InChI=1S/C42H62O16.3H3N/c1-37(2)21-8-11-42(7)31(20(43)16-18-19-17-39(4,36(53)54)13-12-38(19,3)14-15-41(18,42)6)40(21,5)10-9-22(37)55-35-30(26(47)25(46)29(57-35)33(51)52)58-34-27(48)23(44)24(45)28(56-34)32(49)50;;;/h16,19,21-31,34-35,44-48H,8-15,17H2,1-7H3,(H,49,50)(H,51,52)(H,53,54);3*1H3/t19-,21-,22-,23-,24-,25-,26-,27+,28-,29-,30+,31+,34-,35-,38+,39-,40-,41+,42+;;;/m0.../s1. The summed E-state index contributed by atoms with van der Waals surface area (Å²) < 4.78 is 23.4. The van der Waals surface area contributed by atoms with Crippen molar-refractivity contribution in [3.05, 3.63) is 11.6 Å². The highest BCUT2D eigenvalue weighted by Crippen LogP contribution is 2.75. The molecule has 2 heterocycles. The molecule has 4 saturated carbocycles. The number of ether oxygens (including phenoxy) is 4. The maximum atomic E-state index is 14.8. The molecule has 19 heteroatoms. The number of carbonyl (C=O) groups excluding carboxylic acids is 1. The fourth-order valence-electron chi connectivity index (χ4n) is 13.4. The summed E-state index contributed by atoms with van der Waals surface area (Å²) in [7, 11) is 0. The highest BCUT2D eigenvalue weighted by atomic mass is 16.8. The molecule has 19 atom stereocenters. The number of ketones is 1. The van der Waals surface area contributed by atoms with Gasteiger partial charge in [-0.2, -0.15) is 0 Å². The largest absolute Gasteiger partial charge is 0.481 e. The number of allylic oxidation sites excluding steroid dienone is 2. The highest BCUT2D eigenvalue weighted by molar-refractivity contribution is 5.95. The van der Waals surface area contributed by atoms with Crippen LogP contribution in [0.1, 0.15) is 106 Å². The molecular weight excluding hydrogens is 802 g/mol. The van der Waals surface area contributed by atoms with Crippen molar-refractivity contribution in [1.82, 2.24) is 18.5 Å². The normalized spacial score (nSPS) is 50.0. The molecule has 19 nitrogen and oxygen atoms in total. The summed E-state index contributed by atoms with van der Waals surface area (Å²) >= 11 is 0. The van der Waals surface area contributed by atoms with Crippen molar-refractivity contribution in [3.8, 4) is 0 Å². The lowest BCUT2D eigenvalue weighted by molar-refractivity contribution is -0.371. The zero-order chi connectivity index (χ0) is 42.9. The number of carboxylic acid groups (broad SMARTS) is 3. The summed E-state index contributed by atoms with van der Waals surface area (Å²) in [5.41, 5.74) is -1.81. The summed E-state index contributed by atoms with van der Waals surface area (Å²) in [4.78, 5) is 51.3. The molecule has 7 rings (SSSR count). The molecule has 0 aromatic rings. The average molecular weight is 874 g/mol. The quantitative estimate of drug-likeness (QED) is 0.164. The minimum atomic E-state index is -2.05. The van der Waals surface area contributed by atoms with Crippen molar-refractivity contribution in [2.75, 3.05) is 0 Å². The second-order valence-corrected chi connectivity index (χ2v) is 20.6. The molecule has 2 aliphatic heterocycles. The molecular formula is C42H71N3O16. The molecule has 61 heavy (non-hydrogen) atoms. The van der Waals surface area contributed by atoms with Gasteiger partial charge in [-0.15, -0.1) is 0 Å². The van der Waals surface area contributed by atoms with Crippen molar-refractivity contribution < 1.29 is 79.0 Å². The van der Waals surface area contributed by atoms with Gasteiger partial charge < -0.3 is 78.3 Å². The monoisotopic (exact) mass is 873 g/mol. The summed E-state index contributed by atoms with van der Waals surface area (Å²) in [6, 6.07) is 0. The van der Waals surface area contributed by atoms with Crippen LogP contribution >= 0.6 is 0 Å². The molecule has 0 amide bonds. The third-order valence-corrected chi connectivity index (χ3v) is 17.2. The average Bonchev–Trinajstić information content (AvgIpc) is 3.13. The van der Waals surface area contributed by atoms with Crippen LogP contribution in [-0.4, -0.2) is 132 Å². The molecule has 0 aromatic carbocycles. The van der Waals surface area contributed by atoms with Gasteiger partial charge in [0.15, 0.2) is 30.6 Å². The number of fused-ring (bicyclic) bond motifs is 7. The Kier molecular flexibility index (Phi) is 14.0. The number of carbonyl (C=O) groups is 4. The van der Waals surface area contributed by atoms with Crippen LogP contribution < -0.4 is 18.5 Å². The van der Waals surface area contributed by atoms with Crippen molar-refractivity contribution in [2.24, 2.45) is 50.2 Å². The van der Waals surface area contributed by atoms with E-state index in [1.807, 2.05) is 26.8 Å².